The van der Waals surface area contributed by atoms with Crippen LogP contribution in [0.4, 0.5) is 4.39 Å². The van der Waals surface area contributed by atoms with E-state index in [0.717, 1.165) is 6.08 Å². The molecule has 0 aliphatic heterocycles. The van der Waals surface area contributed by atoms with Crippen molar-refractivity contribution in [3.63, 3.8) is 0 Å². The molecule has 5 heteroatoms. The molecule has 1 N–H and O–H groups in total. The van der Waals surface area contributed by atoms with Gasteiger partial charge >= 0.3 is 0 Å². The largest absolute Gasteiger partial charge is 0.288 e. The topological polar surface area (TPSA) is 47.6 Å². The second kappa shape index (κ2) is 4.89. The molecule has 0 saturated carbocycles. The molecule has 0 aliphatic carbocycles. The van der Waals surface area contributed by atoms with Crippen LogP contribution in [0.15, 0.2) is 23.0 Å². The van der Waals surface area contributed by atoms with E-state index in [4.69, 9.17) is 33.9 Å². The number of halogens is 3. The molecular formula is C6H3Cl2FN2. The third-order valence-electron chi connectivity index (χ3n) is 0.743. The van der Waals surface area contributed by atoms with Crippen molar-refractivity contribution in [1.29, 1.82) is 10.7 Å². The van der Waals surface area contributed by atoms with Crippen molar-refractivity contribution in [2.24, 2.45) is 0 Å². The number of nitriles is 1. The Morgan fingerprint density at radius 2 is 2.18 bits per heavy atom. The van der Waals surface area contributed by atoms with Gasteiger partial charge in [-0.25, -0.2) is 4.39 Å². The summed E-state index contributed by atoms with van der Waals surface area (Å²) in [7, 11) is 0. The van der Waals surface area contributed by atoms with Crippen molar-refractivity contribution in [3.8, 4) is 6.07 Å². The van der Waals surface area contributed by atoms with E-state index in [1.165, 1.54) is 6.07 Å². The van der Waals surface area contributed by atoms with Crippen molar-refractivity contribution in [2.45, 2.75) is 0 Å². The highest BCUT2D eigenvalue weighted by Gasteiger charge is 2.00. The molecule has 2 nitrogen and oxygen atoms in total. The van der Waals surface area contributed by atoms with Crippen LogP contribution in [0.2, 0.25) is 0 Å². The summed E-state index contributed by atoms with van der Waals surface area (Å²) >= 11 is 10.1. The zero-order valence-electron chi connectivity index (χ0n) is 5.24. The summed E-state index contributed by atoms with van der Waals surface area (Å²) in [6.07, 6.45) is 0.780. The van der Waals surface area contributed by atoms with E-state index < -0.39 is 11.0 Å². The SMILES string of the molecule is N#C/C(=C/C(F)=C/Cl)C(=N)Cl. The lowest BCUT2D eigenvalue weighted by molar-refractivity contribution is 0.669. The van der Waals surface area contributed by atoms with E-state index in [-0.39, 0.29) is 5.57 Å². The van der Waals surface area contributed by atoms with Crippen LogP contribution in [0, 0.1) is 16.7 Å². The maximum absolute atomic E-state index is 12.3. The van der Waals surface area contributed by atoms with Gasteiger partial charge in [0.1, 0.15) is 17.1 Å². The van der Waals surface area contributed by atoms with Crippen molar-refractivity contribution >= 4 is 28.4 Å². The molecular weight excluding hydrogens is 190 g/mol. The summed E-state index contributed by atoms with van der Waals surface area (Å²) in [6.45, 7) is 0. The van der Waals surface area contributed by atoms with Gasteiger partial charge in [-0.05, 0) is 6.08 Å². The highest BCUT2D eigenvalue weighted by atomic mass is 35.5. The zero-order valence-corrected chi connectivity index (χ0v) is 6.75. The molecule has 0 aromatic heterocycles. The number of nitrogens with zero attached hydrogens (tertiary/aromatic N) is 1. The third kappa shape index (κ3) is 3.76. The molecule has 0 atom stereocenters. The summed E-state index contributed by atoms with van der Waals surface area (Å²) < 4.78 is 12.3. The predicted octanol–water partition coefficient (Wildman–Crippen LogP) is 2.70. The first-order valence-electron chi connectivity index (χ1n) is 2.44. The maximum Gasteiger partial charge on any atom is 0.138 e. The van der Waals surface area contributed by atoms with Crippen molar-refractivity contribution in [2.75, 3.05) is 0 Å². The van der Waals surface area contributed by atoms with Crippen molar-refractivity contribution in [1.82, 2.24) is 0 Å². The van der Waals surface area contributed by atoms with E-state index in [2.05, 4.69) is 0 Å². The van der Waals surface area contributed by atoms with E-state index in [0.29, 0.717) is 5.54 Å². The van der Waals surface area contributed by atoms with Crippen LogP contribution in [0.5, 0.6) is 0 Å². The molecule has 0 bridgehead atoms. The van der Waals surface area contributed by atoms with Crippen molar-refractivity contribution in [3.05, 3.63) is 23.0 Å². The van der Waals surface area contributed by atoms with Gasteiger partial charge in [-0.1, -0.05) is 23.2 Å². The van der Waals surface area contributed by atoms with Crippen LogP contribution in [0.25, 0.3) is 0 Å². The van der Waals surface area contributed by atoms with E-state index in [9.17, 15) is 4.39 Å². The lowest BCUT2D eigenvalue weighted by Crippen LogP contribution is -1.88. The molecule has 0 heterocycles. The summed E-state index contributed by atoms with van der Waals surface area (Å²) in [5, 5.41) is 14.5. The minimum atomic E-state index is -0.811. The molecule has 0 aromatic rings. The molecule has 58 valence electrons. The predicted molar refractivity (Wildman–Crippen MR) is 42.3 cm³/mol. The van der Waals surface area contributed by atoms with Gasteiger partial charge in [0.05, 0.1) is 5.57 Å². The molecule has 0 spiro atoms. The standard InChI is InChI=1S/C6H3Cl2FN2/c7-2-5(9)1-4(3-10)6(8)11/h1-2,11H/b4-1-,5-2-,11-6?. The first kappa shape index (κ1) is 10.2. The highest BCUT2D eigenvalue weighted by Crippen LogP contribution is 2.07. The molecule has 0 radical (unpaired) electrons. The van der Waals surface area contributed by atoms with Gasteiger partial charge in [0.2, 0.25) is 0 Å². The molecule has 0 amide bonds. The number of hydrogen-bond donors (Lipinski definition) is 1. The normalized spacial score (nSPS) is 12.5. The van der Waals surface area contributed by atoms with Gasteiger partial charge < -0.3 is 0 Å². The third-order valence-corrected chi connectivity index (χ3v) is 1.16. The monoisotopic (exact) mass is 192 g/mol. The summed E-state index contributed by atoms with van der Waals surface area (Å²) in [5.74, 6) is -0.811. The Balaban J connectivity index is 4.67. The van der Waals surface area contributed by atoms with Crippen LogP contribution >= 0.6 is 23.2 Å². The van der Waals surface area contributed by atoms with Gasteiger partial charge in [-0.3, -0.25) is 5.41 Å². The lowest BCUT2D eigenvalue weighted by Gasteiger charge is -1.88. The number of hydrogen-bond acceptors (Lipinski definition) is 2. The summed E-state index contributed by atoms with van der Waals surface area (Å²) in [6, 6.07) is 1.53. The minimum absolute atomic E-state index is 0.263. The molecule has 0 aliphatic rings. The van der Waals surface area contributed by atoms with E-state index in [1.807, 2.05) is 0 Å². The van der Waals surface area contributed by atoms with Crippen LogP contribution in [0.3, 0.4) is 0 Å². The fourth-order valence-electron chi connectivity index (χ4n) is 0.314. The smallest absolute Gasteiger partial charge is 0.138 e. The zero-order chi connectivity index (χ0) is 8.85. The van der Waals surface area contributed by atoms with E-state index in [1.54, 1.807) is 0 Å². The number of allylic oxidation sites excluding steroid dienone is 3. The summed E-state index contributed by atoms with van der Waals surface area (Å²) in [4.78, 5) is 0. The van der Waals surface area contributed by atoms with Crippen LogP contribution in [-0.2, 0) is 0 Å². The lowest BCUT2D eigenvalue weighted by atomic mass is 10.3. The fraction of sp³-hybridized carbons (Fsp3) is 0. The van der Waals surface area contributed by atoms with Gasteiger partial charge in [0, 0.05) is 5.54 Å². The van der Waals surface area contributed by atoms with Crippen LogP contribution < -0.4 is 0 Å². The first-order chi connectivity index (χ1) is 5.11. The van der Waals surface area contributed by atoms with Crippen LogP contribution in [-0.4, -0.2) is 5.17 Å². The molecule has 11 heavy (non-hydrogen) atoms. The van der Waals surface area contributed by atoms with Gasteiger partial charge in [-0.2, -0.15) is 5.26 Å². The second-order valence-electron chi connectivity index (χ2n) is 1.48. The Kier molecular flexibility index (Phi) is 4.51. The highest BCUT2D eigenvalue weighted by molar-refractivity contribution is 6.69. The molecule has 0 saturated heterocycles. The number of nitrogens with one attached hydrogen (secondary N) is 1. The number of rotatable bonds is 2. The Morgan fingerprint density at radius 3 is 2.45 bits per heavy atom. The van der Waals surface area contributed by atoms with Gasteiger partial charge in [0.25, 0.3) is 0 Å². The first-order valence-corrected chi connectivity index (χ1v) is 3.25. The minimum Gasteiger partial charge on any atom is -0.288 e. The Labute approximate surface area is 73.0 Å². The van der Waals surface area contributed by atoms with Crippen molar-refractivity contribution < 1.29 is 4.39 Å². The van der Waals surface area contributed by atoms with Crippen LogP contribution in [0.1, 0.15) is 0 Å². The quantitative estimate of drug-likeness (QED) is 0.409. The van der Waals surface area contributed by atoms with Gasteiger partial charge in [0.15, 0.2) is 0 Å². The molecule has 0 unspecified atom stereocenters. The molecule has 0 fully saturated rings. The van der Waals surface area contributed by atoms with Gasteiger partial charge in [-0.15, -0.1) is 0 Å². The average Bonchev–Trinajstić information content (AvgIpc) is 1.99. The Bertz CT molecular complexity index is 262. The molecule has 0 rings (SSSR count). The fourth-order valence-corrected chi connectivity index (χ4v) is 0.474. The molecule has 0 aromatic carbocycles. The average molecular weight is 193 g/mol. The second-order valence-corrected chi connectivity index (χ2v) is 2.07. The summed E-state index contributed by atoms with van der Waals surface area (Å²) in [5.41, 5.74) is 0.387. The Hall–Kier alpha value is -0.850. The Morgan fingerprint density at radius 1 is 1.64 bits per heavy atom. The maximum atomic E-state index is 12.3. The van der Waals surface area contributed by atoms with E-state index >= 15 is 0 Å².